The molecule has 0 amide bonds. The summed E-state index contributed by atoms with van der Waals surface area (Å²) in [5.74, 6) is -1.48. The highest BCUT2D eigenvalue weighted by Gasteiger charge is 2.53. The maximum Gasteiger partial charge on any atom is 0.314 e. The molecule has 1 fully saturated rings. The first-order valence-corrected chi connectivity index (χ1v) is 4.35. The standard InChI is InChI=1S/C10H10FNO2/c11-8-5-6(12)1-2-7(8)10(3-4-10)9(13)14/h1-2,5H,3-4,12H2,(H,13,14). The van der Waals surface area contributed by atoms with Crippen LogP contribution in [0.4, 0.5) is 10.1 Å². The highest BCUT2D eigenvalue weighted by Crippen LogP contribution is 2.49. The summed E-state index contributed by atoms with van der Waals surface area (Å²) in [5, 5.41) is 8.95. The second-order valence-electron chi connectivity index (χ2n) is 3.63. The topological polar surface area (TPSA) is 63.3 Å². The first-order valence-electron chi connectivity index (χ1n) is 4.35. The number of hydrogen-bond donors (Lipinski definition) is 2. The zero-order chi connectivity index (χ0) is 10.3. The molecule has 3 N–H and O–H groups in total. The number of carbonyl (C=O) groups is 1. The number of carboxylic acids is 1. The highest BCUT2D eigenvalue weighted by atomic mass is 19.1. The number of anilines is 1. The Morgan fingerprint density at radius 1 is 1.50 bits per heavy atom. The Kier molecular flexibility index (Phi) is 1.74. The van der Waals surface area contributed by atoms with Crippen LogP contribution in [0.1, 0.15) is 18.4 Å². The van der Waals surface area contributed by atoms with Crippen LogP contribution in [0.2, 0.25) is 0 Å². The minimum atomic E-state index is -0.988. The molecular formula is C10H10FNO2. The van der Waals surface area contributed by atoms with Crippen LogP contribution in [0, 0.1) is 5.82 Å². The van der Waals surface area contributed by atoms with Gasteiger partial charge in [-0.3, -0.25) is 4.79 Å². The van der Waals surface area contributed by atoms with E-state index in [9.17, 15) is 9.18 Å². The van der Waals surface area contributed by atoms with Gasteiger partial charge in [0.25, 0.3) is 0 Å². The SMILES string of the molecule is Nc1ccc(C2(C(=O)O)CC2)c(F)c1. The smallest absolute Gasteiger partial charge is 0.314 e. The molecule has 0 aromatic heterocycles. The van der Waals surface area contributed by atoms with Crippen molar-refractivity contribution in [3.8, 4) is 0 Å². The molecule has 1 aliphatic carbocycles. The summed E-state index contributed by atoms with van der Waals surface area (Å²) in [6.45, 7) is 0. The number of nitrogens with two attached hydrogens (primary N) is 1. The lowest BCUT2D eigenvalue weighted by Crippen LogP contribution is -2.20. The van der Waals surface area contributed by atoms with Crippen LogP contribution in [0.15, 0.2) is 18.2 Å². The average Bonchev–Trinajstić information content (AvgIpc) is 2.84. The zero-order valence-corrected chi connectivity index (χ0v) is 7.46. The van der Waals surface area contributed by atoms with E-state index in [1.165, 1.54) is 18.2 Å². The van der Waals surface area contributed by atoms with E-state index in [0.717, 1.165) is 0 Å². The van der Waals surface area contributed by atoms with Gasteiger partial charge < -0.3 is 10.8 Å². The van der Waals surface area contributed by atoms with E-state index in [4.69, 9.17) is 10.8 Å². The predicted molar refractivity (Wildman–Crippen MR) is 49.4 cm³/mol. The number of benzene rings is 1. The molecule has 3 nitrogen and oxygen atoms in total. The summed E-state index contributed by atoms with van der Waals surface area (Å²) in [5.41, 5.74) is 4.95. The molecule has 0 atom stereocenters. The Labute approximate surface area is 80.3 Å². The van der Waals surface area contributed by atoms with Crippen LogP contribution in [-0.2, 0) is 10.2 Å². The quantitative estimate of drug-likeness (QED) is 0.703. The second-order valence-corrected chi connectivity index (χ2v) is 3.63. The molecular weight excluding hydrogens is 185 g/mol. The van der Waals surface area contributed by atoms with E-state index in [-0.39, 0.29) is 5.56 Å². The van der Waals surface area contributed by atoms with E-state index < -0.39 is 17.2 Å². The first-order chi connectivity index (χ1) is 6.56. The van der Waals surface area contributed by atoms with Crippen molar-refractivity contribution in [2.75, 3.05) is 5.73 Å². The van der Waals surface area contributed by atoms with Crippen LogP contribution in [0.3, 0.4) is 0 Å². The monoisotopic (exact) mass is 195 g/mol. The van der Waals surface area contributed by atoms with Crippen LogP contribution in [0.5, 0.6) is 0 Å². The minimum Gasteiger partial charge on any atom is -0.481 e. The predicted octanol–water partition coefficient (Wildman–Crippen LogP) is 1.52. The molecule has 0 heterocycles. The van der Waals surface area contributed by atoms with E-state index in [2.05, 4.69) is 0 Å². The molecule has 14 heavy (non-hydrogen) atoms. The number of aliphatic carboxylic acids is 1. The minimum absolute atomic E-state index is 0.249. The molecule has 2 rings (SSSR count). The summed E-state index contributed by atoms with van der Waals surface area (Å²) in [6, 6.07) is 4.16. The Morgan fingerprint density at radius 2 is 2.14 bits per heavy atom. The zero-order valence-electron chi connectivity index (χ0n) is 7.46. The van der Waals surface area contributed by atoms with Crippen molar-refractivity contribution < 1.29 is 14.3 Å². The van der Waals surface area contributed by atoms with Crippen molar-refractivity contribution in [1.82, 2.24) is 0 Å². The van der Waals surface area contributed by atoms with Crippen molar-refractivity contribution in [2.45, 2.75) is 18.3 Å². The van der Waals surface area contributed by atoms with Gasteiger partial charge in [0.15, 0.2) is 0 Å². The second kappa shape index (κ2) is 2.70. The Bertz CT molecular complexity index is 399. The molecule has 0 aliphatic heterocycles. The molecule has 0 bridgehead atoms. The average molecular weight is 195 g/mol. The fraction of sp³-hybridized carbons (Fsp3) is 0.300. The van der Waals surface area contributed by atoms with Crippen molar-refractivity contribution in [1.29, 1.82) is 0 Å². The van der Waals surface area contributed by atoms with Gasteiger partial charge in [0, 0.05) is 11.3 Å². The molecule has 0 spiro atoms. The Balaban J connectivity index is 2.47. The lowest BCUT2D eigenvalue weighted by molar-refractivity contribution is -0.140. The molecule has 1 saturated carbocycles. The molecule has 1 aromatic carbocycles. The fourth-order valence-corrected chi connectivity index (χ4v) is 1.64. The highest BCUT2D eigenvalue weighted by molar-refractivity contribution is 5.85. The number of carboxylic acid groups (broad SMARTS) is 1. The molecule has 0 saturated heterocycles. The molecule has 0 radical (unpaired) electrons. The van der Waals surface area contributed by atoms with Crippen LogP contribution in [-0.4, -0.2) is 11.1 Å². The third kappa shape index (κ3) is 1.14. The van der Waals surface area contributed by atoms with E-state index in [1.807, 2.05) is 0 Å². The lowest BCUT2D eigenvalue weighted by Gasteiger charge is -2.11. The summed E-state index contributed by atoms with van der Waals surface area (Å²) in [4.78, 5) is 10.9. The third-order valence-corrected chi connectivity index (χ3v) is 2.67. The summed E-state index contributed by atoms with van der Waals surface area (Å²) >= 11 is 0. The lowest BCUT2D eigenvalue weighted by atomic mass is 9.95. The van der Waals surface area contributed by atoms with Crippen molar-refractivity contribution in [3.05, 3.63) is 29.6 Å². The van der Waals surface area contributed by atoms with Gasteiger partial charge in [-0.2, -0.15) is 0 Å². The van der Waals surface area contributed by atoms with E-state index in [0.29, 0.717) is 18.5 Å². The summed E-state index contributed by atoms with van der Waals surface area (Å²) < 4.78 is 13.4. The van der Waals surface area contributed by atoms with Gasteiger partial charge in [-0.1, -0.05) is 6.07 Å². The van der Waals surface area contributed by atoms with Crippen LogP contribution < -0.4 is 5.73 Å². The van der Waals surface area contributed by atoms with Crippen LogP contribution >= 0.6 is 0 Å². The van der Waals surface area contributed by atoms with E-state index >= 15 is 0 Å². The number of hydrogen-bond acceptors (Lipinski definition) is 2. The third-order valence-electron chi connectivity index (χ3n) is 2.67. The van der Waals surface area contributed by atoms with Gasteiger partial charge in [-0.25, -0.2) is 4.39 Å². The Morgan fingerprint density at radius 3 is 2.57 bits per heavy atom. The summed E-state index contributed by atoms with van der Waals surface area (Å²) in [6.07, 6.45) is 1.01. The maximum absolute atomic E-state index is 13.4. The van der Waals surface area contributed by atoms with Crippen molar-refractivity contribution in [2.24, 2.45) is 0 Å². The van der Waals surface area contributed by atoms with Crippen LogP contribution in [0.25, 0.3) is 0 Å². The number of nitrogen functional groups attached to an aromatic ring is 1. The Hall–Kier alpha value is -1.58. The van der Waals surface area contributed by atoms with Gasteiger partial charge in [0.05, 0.1) is 5.41 Å². The maximum atomic E-state index is 13.4. The van der Waals surface area contributed by atoms with E-state index in [1.54, 1.807) is 0 Å². The van der Waals surface area contributed by atoms with Gasteiger partial charge >= 0.3 is 5.97 Å². The van der Waals surface area contributed by atoms with Gasteiger partial charge in [0.1, 0.15) is 5.82 Å². The van der Waals surface area contributed by atoms with Gasteiger partial charge in [-0.05, 0) is 25.0 Å². The number of halogens is 1. The summed E-state index contributed by atoms with van der Waals surface area (Å²) in [7, 11) is 0. The number of rotatable bonds is 2. The van der Waals surface area contributed by atoms with Gasteiger partial charge in [0.2, 0.25) is 0 Å². The molecule has 0 unspecified atom stereocenters. The largest absolute Gasteiger partial charge is 0.481 e. The molecule has 4 heteroatoms. The molecule has 1 aliphatic rings. The first kappa shape index (κ1) is 8.99. The normalized spacial score (nSPS) is 17.8. The molecule has 74 valence electrons. The fourth-order valence-electron chi connectivity index (χ4n) is 1.64. The molecule has 1 aromatic rings. The van der Waals surface area contributed by atoms with Crippen molar-refractivity contribution in [3.63, 3.8) is 0 Å². The van der Waals surface area contributed by atoms with Crippen molar-refractivity contribution >= 4 is 11.7 Å². The van der Waals surface area contributed by atoms with Gasteiger partial charge in [-0.15, -0.1) is 0 Å².